The van der Waals surface area contributed by atoms with E-state index in [1.54, 1.807) is 0 Å². The van der Waals surface area contributed by atoms with Crippen molar-refractivity contribution in [2.24, 2.45) is 34.5 Å². The highest BCUT2D eigenvalue weighted by atomic mass is 16.7. The van der Waals surface area contributed by atoms with E-state index < -0.39 is 5.79 Å². The van der Waals surface area contributed by atoms with Gasteiger partial charge in [0, 0.05) is 43.6 Å². The molecule has 5 aliphatic carbocycles. The molecule has 0 heterocycles. The Kier molecular flexibility index (Phi) is 5.94. The third-order valence-corrected chi connectivity index (χ3v) is 10.6. The molecule has 178 valence electrons. The van der Waals surface area contributed by atoms with Gasteiger partial charge in [-0.25, -0.2) is 0 Å². The number of Topliss-reactive ketones (excluding diaryl/α,β-unsaturated/α-hetero) is 1. The highest BCUT2D eigenvalue weighted by Gasteiger charge is 2.62. The van der Waals surface area contributed by atoms with Crippen LogP contribution in [0, 0.1) is 34.5 Å². The van der Waals surface area contributed by atoms with E-state index >= 15 is 0 Å². The number of carbonyl (C=O) groups is 2. The first kappa shape index (κ1) is 22.8. The minimum Gasteiger partial charge on any atom is -0.353 e. The van der Waals surface area contributed by atoms with Gasteiger partial charge in [-0.3, -0.25) is 9.59 Å². The molecule has 5 aliphatic rings. The summed E-state index contributed by atoms with van der Waals surface area (Å²) in [7, 11) is 1.81. The number of methoxy groups -OCH3 is 1. The molecule has 0 radical (unpaired) electrons. The number of ketones is 2. The molecule has 0 aliphatic heterocycles. The lowest BCUT2D eigenvalue weighted by molar-refractivity contribution is -0.250. The van der Waals surface area contributed by atoms with Crippen molar-refractivity contribution in [2.45, 2.75) is 103 Å². The molecule has 0 amide bonds. The number of hydrogen-bond donors (Lipinski definition) is 0. The Hall–Kier alpha value is -1.00. The smallest absolute Gasteiger partial charge is 0.167 e. The van der Waals surface area contributed by atoms with Gasteiger partial charge in [0.15, 0.2) is 11.6 Å². The second-order valence-electron chi connectivity index (χ2n) is 12.0. The highest BCUT2D eigenvalue weighted by Crippen LogP contribution is 2.66. The molecule has 0 aromatic carbocycles. The molecule has 4 saturated carbocycles. The monoisotopic (exact) mass is 442 g/mol. The van der Waals surface area contributed by atoms with Crippen molar-refractivity contribution in [2.75, 3.05) is 13.7 Å². The Balaban J connectivity index is 1.48. The van der Waals surface area contributed by atoms with Crippen LogP contribution in [-0.4, -0.2) is 31.1 Å². The van der Waals surface area contributed by atoms with Crippen molar-refractivity contribution >= 4 is 11.6 Å². The second-order valence-corrected chi connectivity index (χ2v) is 12.0. The molecule has 0 aromatic rings. The molecule has 0 N–H and O–H groups in total. The lowest BCUT2D eigenvalue weighted by atomic mass is 9.45. The van der Waals surface area contributed by atoms with Crippen LogP contribution >= 0.6 is 0 Å². The van der Waals surface area contributed by atoms with Crippen molar-refractivity contribution in [1.82, 2.24) is 0 Å². The van der Waals surface area contributed by atoms with Gasteiger partial charge >= 0.3 is 0 Å². The zero-order valence-electron chi connectivity index (χ0n) is 20.4. The van der Waals surface area contributed by atoms with Crippen molar-refractivity contribution < 1.29 is 19.1 Å². The van der Waals surface area contributed by atoms with Gasteiger partial charge in [-0.1, -0.05) is 32.3 Å². The van der Waals surface area contributed by atoms with Gasteiger partial charge in [0.25, 0.3) is 0 Å². The van der Waals surface area contributed by atoms with Crippen molar-refractivity contribution in [1.29, 1.82) is 0 Å². The summed E-state index contributed by atoms with van der Waals surface area (Å²) in [6, 6.07) is 0. The molecule has 5 rings (SSSR count). The van der Waals surface area contributed by atoms with Crippen LogP contribution in [-0.2, 0) is 19.1 Å². The molecule has 0 spiro atoms. The summed E-state index contributed by atoms with van der Waals surface area (Å²) in [5, 5.41) is 0. The van der Waals surface area contributed by atoms with Crippen LogP contribution in [0.3, 0.4) is 0 Å². The first-order valence-electron chi connectivity index (χ1n) is 13.3. The molecule has 0 aromatic heterocycles. The third-order valence-electron chi connectivity index (χ3n) is 10.6. The second kappa shape index (κ2) is 8.34. The molecule has 4 heteroatoms. The fourth-order valence-corrected chi connectivity index (χ4v) is 8.70. The SMILES string of the molecule is COC1(OC[C@]23CCC(=O)C=C2CC(C)[C@@H]2[C@H]3CC[C@]3(C)C(=O)CC[C@@H]23)CCCCCC1. The normalized spacial score (nSPS) is 43.7. The number of carbonyl (C=O) groups excluding carboxylic acids is 2. The van der Waals surface area contributed by atoms with E-state index in [0.717, 1.165) is 64.2 Å². The van der Waals surface area contributed by atoms with E-state index in [-0.39, 0.29) is 16.6 Å². The average Bonchev–Trinajstić information content (AvgIpc) is 2.94. The first-order valence-corrected chi connectivity index (χ1v) is 13.3. The molecule has 0 saturated heterocycles. The van der Waals surface area contributed by atoms with Gasteiger partial charge in [0.2, 0.25) is 0 Å². The molecule has 32 heavy (non-hydrogen) atoms. The van der Waals surface area contributed by atoms with Gasteiger partial charge in [-0.15, -0.1) is 0 Å². The largest absolute Gasteiger partial charge is 0.353 e. The van der Waals surface area contributed by atoms with E-state index in [2.05, 4.69) is 13.8 Å². The molecule has 4 fully saturated rings. The Bertz CT molecular complexity index is 791. The predicted molar refractivity (Wildman–Crippen MR) is 124 cm³/mol. The van der Waals surface area contributed by atoms with Gasteiger partial charge in [-0.05, 0) is 74.7 Å². The first-order chi connectivity index (χ1) is 15.3. The third kappa shape index (κ3) is 3.47. The minimum atomic E-state index is -0.469. The molecule has 0 bridgehead atoms. The van der Waals surface area contributed by atoms with Crippen LogP contribution in [0.25, 0.3) is 0 Å². The zero-order valence-corrected chi connectivity index (χ0v) is 20.4. The summed E-state index contributed by atoms with van der Waals surface area (Å²) in [5.41, 5.74) is 1.16. The van der Waals surface area contributed by atoms with E-state index in [0.29, 0.717) is 42.5 Å². The quantitative estimate of drug-likeness (QED) is 0.394. The fraction of sp³-hybridized carbons (Fsp3) is 0.857. The predicted octanol–water partition coefficient (Wildman–Crippen LogP) is 6.03. The summed E-state index contributed by atoms with van der Waals surface area (Å²) in [4.78, 5) is 25.4. The molecular weight excluding hydrogens is 400 g/mol. The Morgan fingerprint density at radius 2 is 1.72 bits per heavy atom. The van der Waals surface area contributed by atoms with E-state index in [1.807, 2.05) is 13.2 Å². The highest BCUT2D eigenvalue weighted by molar-refractivity contribution is 5.92. The van der Waals surface area contributed by atoms with Gasteiger partial charge in [0.05, 0.1) is 6.61 Å². The maximum atomic E-state index is 12.9. The standard InChI is InChI=1S/C28H42O4/c1-19-16-20-17-21(29)10-15-27(20,18-32-28(31-3)12-6-4-5-7-13-28)23-11-14-26(2)22(25(19)23)8-9-24(26)30/h17,19,22-23,25H,4-16,18H2,1-3H3/t19?,22-,23+,25-,26-,27+/m0/s1. The summed E-state index contributed by atoms with van der Waals surface area (Å²) in [5.74, 6) is 2.40. The van der Waals surface area contributed by atoms with Crippen LogP contribution in [0.5, 0.6) is 0 Å². The Morgan fingerprint density at radius 3 is 2.44 bits per heavy atom. The summed E-state index contributed by atoms with van der Waals surface area (Å²) >= 11 is 0. The Morgan fingerprint density at radius 1 is 0.969 bits per heavy atom. The number of fused-ring (bicyclic) bond motifs is 5. The number of ether oxygens (including phenoxy) is 2. The minimum absolute atomic E-state index is 0.0596. The van der Waals surface area contributed by atoms with E-state index in [9.17, 15) is 9.59 Å². The van der Waals surface area contributed by atoms with Crippen LogP contribution in [0.2, 0.25) is 0 Å². The van der Waals surface area contributed by atoms with Gasteiger partial charge in [0.1, 0.15) is 5.78 Å². The van der Waals surface area contributed by atoms with Crippen molar-refractivity contribution in [3.8, 4) is 0 Å². The zero-order chi connectivity index (χ0) is 22.6. The topological polar surface area (TPSA) is 52.6 Å². The maximum absolute atomic E-state index is 12.9. The van der Waals surface area contributed by atoms with Crippen LogP contribution in [0.15, 0.2) is 11.6 Å². The molecule has 1 unspecified atom stereocenters. The number of rotatable bonds is 4. The lowest BCUT2D eigenvalue weighted by Crippen LogP contribution is -2.56. The Labute approximate surface area is 193 Å². The van der Waals surface area contributed by atoms with Crippen molar-refractivity contribution in [3.63, 3.8) is 0 Å². The van der Waals surface area contributed by atoms with Crippen LogP contribution < -0.4 is 0 Å². The van der Waals surface area contributed by atoms with Crippen molar-refractivity contribution in [3.05, 3.63) is 11.6 Å². The molecular formula is C28H42O4. The average molecular weight is 443 g/mol. The van der Waals surface area contributed by atoms with E-state index in [4.69, 9.17) is 9.47 Å². The van der Waals surface area contributed by atoms with Crippen LogP contribution in [0.4, 0.5) is 0 Å². The molecule has 6 atom stereocenters. The van der Waals surface area contributed by atoms with Gasteiger partial charge in [-0.2, -0.15) is 0 Å². The van der Waals surface area contributed by atoms with E-state index in [1.165, 1.54) is 18.4 Å². The lowest BCUT2D eigenvalue weighted by Gasteiger charge is -2.60. The fourth-order valence-electron chi connectivity index (χ4n) is 8.70. The summed E-state index contributed by atoms with van der Waals surface area (Å²) < 4.78 is 12.9. The summed E-state index contributed by atoms with van der Waals surface area (Å²) in [6.45, 7) is 5.30. The summed E-state index contributed by atoms with van der Waals surface area (Å²) in [6.07, 6.45) is 15.2. The number of hydrogen-bond acceptors (Lipinski definition) is 4. The molecule has 4 nitrogen and oxygen atoms in total. The van der Waals surface area contributed by atoms with Gasteiger partial charge < -0.3 is 9.47 Å². The van der Waals surface area contributed by atoms with Crippen LogP contribution in [0.1, 0.15) is 97.3 Å². The maximum Gasteiger partial charge on any atom is 0.167 e.